The second-order valence-electron chi connectivity index (χ2n) is 6.33. The summed E-state index contributed by atoms with van der Waals surface area (Å²) >= 11 is 0. The molecule has 8 heteroatoms. The molecule has 1 aliphatic rings. The molecule has 1 aliphatic heterocycles. The number of hydrogen-bond donors (Lipinski definition) is 2. The first-order chi connectivity index (χ1) is 12.1. The Labute approximate surface area is 173 Å². The summed E-state index contributed by atoms with van der Waals surface area (Å²) in [5.74, 6) is 2.69. The lowest BCUT2D eigenvalue weighted by Crippen LogP contribution is -2.45. The maximum absolute atomic E-state index is 5.90. The molecule has 2 unspecified atom stereocenters. The van der Waals surface area contributed by atoms with Gasteiger partial charge >= 0.3 is 0 Å². The highest BCUT2D eigenvalue weighted by molar-refractivity contribution is 14.0. The highest BCUT2D eigenvalue weighted by Gasteiger charge is 2.25. The first-order valence-corrected chi connectivity index (χ1v) is 9.06. The Bertz CT molecular complexity index is 532. The second kappa shape index (κ2) is 12.5. The highest BCUT2D eigenvalue weighted by Crippen LogP contribution is 2.24. The van der Waals surface area contributed by atoms with Gasteiger partial charge in [-0.25, -0.2) is 0 Å². The molecule has 1 fully saturated rings. The molecule has 0 saturated carbocycles. The molecule has 0 radical (unpaired) electrons. The lowest BCUT2D eigenvalue weighted by molar-refractivity contribution is 0.0135. The van der Waals surface area contributed by atoms with E-state index in [2.05, 4.69) is 35.4 Å². The summed E-state index contributed by atoms with van der Waals surface area (Å²) in [6, 6.07) is 4.37. The molecular weight excluding hydrogens is 447 g/mol. The van der Waals surface area contributed by atoms with Crippen LogP contribution in [0.15, 0.2) is 21.5 Å². The number of methoxy groups -OCH3 is 1. The highest BCUT2D eigenvalue weighted by atomic mass is 127. The summed E-state index contributed by atoms with van der Waals surface area (Å²) in [5.41, 5.74) is 0. The van der Waals surface area contributed by atoms with E-state index in [1.807, 2.05) is 13.0 Å². The van der Waals surface area contributed by atoms with Crippen LogP contribution in [0.1, 0.15) is 31.4 Å². The zero-order valence-electron chi connectivity index (χ0n) is 16.3. The number of aliphatic imine (C=N–C) groups is 1. The first-order valence-electron chi connectivity index (χ1n) is 9.06. The Morgan fingerprint density at radius 2 is 2.08 bits per heavy atom. The van der Waals surface area contributed by atoms with Gasteiger partial charge in [-0.3, -0.25) is 9.89 Å². The molecule has 0 spiro atoms. The van der Waals surface area contributed by atoms with Crippen LogP contribution < -0.4 is 10.6 Å². The third-order valence-corrected chi connectivity index (χ3v) is 4.14. The second-order valence-corrected chi connectivity index (χ2v) is 6.33. The molecule has 2 N–H and O–H groups in total. The molecule has 1 aromatic heterocycles. The van der Waals surface area contributed by atoms with Crippen molar-refractivity contribution >= 4 is 29.9 Å². The molecule has 26 heavy (non-hydrogen) atoms. The van der Waals surface area contributed by atoms with Crippen molar-refractivity contribution in [2.45, 2.75) is 32.9 Å². The lowest BCUT2D eigenvalue weighted by Gasteiger charge is -2.32. The van der Waals surface area contributed by atoms with Gasteiger partial charge in [-0.15, -0.1) is 24.0 Å². The topological polar surface area (TPSA) is 71.3 Å². The molecule has 0 amide bonds. The van der Waals surface area contributed by atoms with E-state index >= 15 is 0 Å². The Kier molecular flexibility index (Phi) is 11.2. The zero-order chi connectivity index (χ0) is 18.1. The molecule has 2 atom stereocenters. The van der Waals surface area contributed by atoms with E-state index in [4.69, 9.17) is 18.9 Å². The Morgan fingerprint density at radius 1 is 1.35 bits per heavy atom. The minimum atomic E-state index is 0. The molecular formula is C18H33IN4O3. The predicted octanol–water partition coefficient (Wildman–Crippen LogP) is 2.17. The van der Waals surface area contributed by atoms with Crippen molar-refractivity contribution in [3.05, 3.63) is 23.7 Å². The van der Waals surface area contributed by atoms with Crippen molar-refractivity contribution in [1.29, 1.82) is 0 Å². The Morgan fingerprint density at radius 3 is 2.65 bits per heavy atom. The van der Waals surface area contributed by atoms with Crippen molar-refractivity contribution in [3.8, 4) is 0 Å². The number of halogens is 1. The van der Waals surface area contributed by atoms with Gasteiger partial charge in [-0.2, -0.15) is 0 Å². The third kappa shape index (κ3) is 7.42. The first kappa shape index (κ1) is 23.2. The van der Waals surface area contributed by atoms with Gasteiger partial charge in [0.15, 0.2) is 5.96 Å². The average Bonchev–Trinajstić information content (AvgIpc) is 3.02. The summed E-state index contributed by atoms with van der Waals surface area (Å²) in [6.07, 6.45) is 0. The van der Waals surface area contributed by atoms with E-state index in [1.165, 1.54) is 0 Å². The van der Waals surface area contributed by atoms with Crippen molar-refractivity contribution in [1.82, 2.24) is 15.5 Å². The van der Waals surface area contributed by atoms with Crippen molar-refractivity contribution in [2.75, 3.05) is 53.1 Å². The van der Waals surface area contributed by atoms with Gasteiger partial charge in [0.1, 0.15) is 11.5 Å². The predicted molar refractivity (Wildman–Crippen MR) is 114 cm³/mol. The quantitative estimate of drug-likeness (QED) is 0.338. The Balaban J connectivity index is 0.00000338. The van der Waals surface area contributed by atoms with Crippen LogP contribution in [0, 0.1) is 6.92 Å². The van der Waals surface area contributed by atoms with E-state index in [1.54, 1.807) is 7.11 Å². The monoisotopic (exact) mass is 480 g/mol. The lowest BCUT2D eigenvalue weighted by atomic mass is 10.1. The van der Waals surface area contributed by atoms with Gasteiger partial charge < -0.3 is 24.5 Å². The van der Waals surface area contributed by atoms with E-state index in [-0.39, 0.29) is 36.1 Å². The van der Waals surface area contributed by atoms with E-state index in [9.17, 15) is 0 Å². The van der Waals surface area contributed by atoms with Crippen LogP contribution in [0.2, 0.25) is 0 Å². The number of aryl methyl sites for hydroxylation is 1. The average molecular weight is 480 g/mol. The van der Waals surface area contributed by atoms with Crippen LogP contribution >= 0.6 is 24.0 Å². The number of furan rings is 1. The summed E-state index contributed by atoms with van der Waals surface area (Å²) in [7, 11) is 1.70. The number of ether oxygens (including phenoxy) is 2. The third-order valence-electron chi connectivity index (χ3n) is 4.14. The number of rotatable bonds is 8. The fourth-order valence-electron chi connectivity index (χ4n) is 2.93. The summed E-state index contributed by atoms with van der Waals surface area (Å²) < 4.78 is 16.6. The van der Waals surface area contributed by atoms with Gasteiger partial charge in [-0.05, 0) is 32.9 Å². The molecule has 7 nitrogen and oxygen atoms in total. The molecule has 0 aliphatic carbocycles. The normalized spacial score (nSPS) is 18.1. The van der Waals surface area contributed by atoms with Crippen LogP contribution in [0.25, 0.3) is 0 Å². The van der Waals surface area contributed by atoms with E-state index < -0.39 is 0 Å². The molecule has 0 aromatic carbocycles. The van der Waals surface area contributed by atoms with Crippen LogP contribution in [0.5, 0.6) is 0 Å². The van der Waals surface area contributed by atoms with Crippen molar-refractivity contribution in [3.63, 3.8) is 0 Å². The number of guanidine groups is 1. The largest absolute Gasteiger partial charge is 0.465 e. The molecule has 2 rings (SSSR count). The summed E-state index contributed by atoms with van der Waals surface area (Å²) in [4.78, 5) is 7.18. The smallest absolute Gasteiger partial charge is 0.191 e. The van der Waals surface area contributed by atoms with Gasteiger partial charge in [0.25, 0.3) is 0 Å². The minimum absolute atomic E-state index is 0. The SMILES string of the molecule is CCNC(=NCC(c1ccc(C)o1)N1CCOCC1)NC(C)COC.I. The summed E-state index contributed by atoms with van der Waals surface area (Å²) in [6.45, 7) is 11.5. The van der Waals surface area contributed by atoms with Crippen LogP contribution in [0.3, 0.4) is 0 Å². The summed E-state index contributed by atoms with van der Waals surface area (Å²) in [5, 5.41) is 6.67. The standard InChI is InChI=1S/C18H32N4O3.HI/c1-5-19-18(21-14(2)13-23-4)20-12-16(17-7-6-15(3)25-17)22-8-10-24-11-9-22;/h6-7,14,16H,5,8-13H2,1-4H3,(H2,19,20,21);1H. The molecule has 1 saturated heterocycles. The number of nitrogens with zero attached hydrogens (tertiary/aromatic N) is 2. The van der Waals surface area contributed by atoms with Crippen LogP contribution in [-0.4, -0.2) is 70.0 Å². The molecule has 0 bridgehead atoms. The van der Waals surface area contributed by atoms with Crippen LogP contribution in [-0.2, 0) is 9.47 Å². The van der Waals surface area contributed by atoms with E-state index in [0.717, 1.165) is 50.3 Å². The van der Waals surface area contributed by atoms with Crippen molar-refractivity contribution in [2.24, 2.45) is 4.99 Å². The maximum Gasteiger partial charge on any atom is 0.191 e. The number of nitrogens with one attached hydrogen (secondary N) is 2. The number of hydrogen-bond acceptors (Lipinski definition) is 5. The fourth-order valence-corrected chi connectivity index (χ4v) is 2.93. The minimum Gasteiger partial charge on any atom is -0.465 e. The van der Waals surface area contributed by atoms with Crippen LogP contribution in [0.4, 0.5) is 0 Å². The Hall–Kier alpha value is -0.840. The van der Waals surface area contributed by atoms with Gasteiger partial charge in [-0.1, -0.05) is 0 Å². The van der Waals surface area contributed by atoms with E-state index in [0.29, 0.717) is 13.2 Å². The number of morpholine rings is 1. The fraction of sp³-hybridized carbons (Fsp3) is 0.722. The molecule has 1 aromatic rings. The molecule has 150 valence electrons. The maximum atomic E-state index is 5.90. The van der Waals surface area contributed by atoms with Crippen molar-refractivity contribution < 1.29 is 13.9 Å². The van der Waals surface area contributed by atoms with Gasteiger partial charge in [0.05, 0.1) is 32.4 Å². The van der Waals surface area contributed by atoms with Gasteiger partial charge in [0, 0.05) is 32.8 Å². The zero-order valence-corrected chi connectivity index (χ0v) is 18.6. The van der Waals surface area contributed by atoms with Gasteiger partial charge in [0.2, 0.25) is 0 Å². The molecule has 2 heterocycles.